The molecule has 3 aromatic rings. The average molecular weight is 439 g/mol. The molecular weight excluding hydrogens is 416 g/mol. The van der Waals surface area contributed by atoms with E-state index >= 15 is 0 Å². The van der Waals surface area contributed by atoms with Crippen LogP contribution in [0.3, 0.4) is 0 Å². The Morgan fingerprint density at radius 2 is 2.03 bits per heavy atom. The summed E-state index contributed by atoms with van der Waals surface area (Å²) in [5.41, 5.74) is 1.75. The van der Waals surface area contributed by atoms with Gasteiger partial charge in [-0.05, 0) is 29.8 Å². The number of hydrogen-bond acceptors (Lipinski definition) is 7. The van der Waals surface area contributed by atoms with Gasteiger partial charge in [0.2, 0.25) is 12.7 Å². The first kappa shape index (κ1) is 20.8. The molecule has 1 aliphatic rings. The normalized spacial score (nSPS) is 11.9. The zero-order valence-electron chi connectivity index (χ0n) is 17.0. The Morgan fingerprint density at radius 1 is 1.23 bits per heavy atom. The first-order chi connectivity index (χ1) is 15.2. The Bertz CT molecular complexity index is 1080. The van der Waals surface area contributed by atoms with E-state index in [0.717, 1.165) is 17.1 Å². The summed E-state index contributed by atoms with van der Waals surface area (Å²) in [7, 11) is 1.64. The SMILES string of the molecule is C=CCn1c(Cc2ccc(OC)cc2)nnc1SCC(=O)Nc1ccc2c(c1)OCO2. The van der Waals surface area contributed by atoms with Crippen molar-refractivity contribution in [3.8, 4) is 17.2 Å². The van der Waals surface area contributed by atoms with E-state index in [9.17, 15) is 4.79 Å². The number of nitrogens with zero attached hydrogens (tertiary/aromatic N) is 3. The van der Waals surface area contributed by atoms with E-state index in [1.807, 2.05) is 28.8 Å². The van der Waals surface area contributed by atoms with Crippen molar-refractivity contribution in [1.29, 1.82) is 0 Å². The molecule has 4 rings (SSSR count). The third-order valence-corrected chi connectivity index (χ3v) is 5.58. The maximum Gasteiger partial charge on any atom is 0.234 e. The molecule has 0 bridgehead atoms. The molecule has 8 nitrogen and oxygen atoms in total. The number of benzene rings is 2. The lowest BCUT2D eigenvalue weighted by atomic mass is 10.1. The Morgan fingerprint density at radius 3 is 2.81 bits per heavy atom. The predicted molar refractivity (Wildman–Crippen MR) is 118 cm³/mol. The monoisotopic (exact) mass is 438 g/mol. The van der Waals surface area contributed by atoms with Crippen LogP contribution in [-0.2, 0) is 17.8 Å². The van der Waals surface area contributed by atoms with E-state index in [2.05, 4.69) is 22.1 Å². The van der Waals surface area contributed by atoms with Crippen molar-refractivity contribution < 1.29 is 19.0 Å². The number of carbonyl (C=O) groups excluding carboxylic acids is 1. The molecule has 1 aliphatic heterocycles. The standard InChI is InChI=1S/C22H22N4O4S/c1-3-10-26-20(11-15-4-7-17(28-2)8-5-15)24-25-22(26)31-13-21(27)23-16-6-9-18-19(12-16)30-14-29-18/h3-9,12H,1,10-11,13-14H2,2H3,(H,23,27). The number of ether oxygens (including phenoxy) is 3. The lowest BCUT2D eigenvalue weighted by Gasteiger charge is -2.09. The molecule has 0 aliphatic carbocycles. The van der Waals surface area contributed by atoms with Crippen molar-refractivity contribution in [3.05, 3.63) is 66.5 Å². The molecule has 31 heavy (non-hydrogen) atoms. The molecule has 9 heteroatoms. The van der Waals surface area contributed by atoms with Gasteiger partial charge in [-0.3, -0.25) is 4.79 Å². The van der Waals surface area contributed by atoms with E-state index < -0.39 is 0 Å². The Hall–Kier alpha value is -3.46. The summed E-state index contributed by atoms with van der Waals surface area (Å²) in [6.07, 6.45) is 2.41. The van der Waals surface area contributed by atoms with E-state index in [1.54, 1.807) is 31.4 Å². The van der Waals surface area contributed by atoms with Crippen LogP contribution in [0, 0.1) is 0 Å². The molecule has 0 saturated heterocycles. The summed E-state index contributed by atoms with van der Waals surface area (Å²) < 4.78 is 17.8. The van der Waals surface area contributed by atoms with Gasteiger partial charge in [-0.1, -0.05) is 30.0 Å². The molecule has 0 unspecified atom stereocenters. The van der Waals surface area contributed by atoms with Crippen molar-refractivity contribution in [2.75, 3.05) is 25.0 Å². The first-order valence-corrected chi connectivity index (χ1v) is 10.6. The highest BCUT2D eigenvalue weighted by molar-refractivity contribution is 7.99. The van der Waals surface area contributed by atoms with Crippen LogP contribution in [0.25, 0.3) is 0 Å². The number of thioether (sulfide) groups is 1. The van der Waals surface area contributed by atoms with E-state index in [0.29, 0.717) is 35.3 Å². The van der Waals surface area contributed by atoms with Crippen LogP contribution < -0.4 is 19.5 Å². The molecule has 2 heterocycles. The number of amides is 1. The van der Waals surface area contributed by atoms with Gasteiger partial charge in [-0.25, -0.2) is 0 Å². The van der Waals surface area contributed by atoms with Crippen LogP contribution in [0.1, 0.15) is 11.4 Å². The average Bonchev–Trinajstić information content (AvgIpc) is 3.40. The molecule has 0 spiro atoms. The maximum atomic E-state index is 12.4. The Balaban J connectivity index is 1.39. The summed E-state index contributed by atoms with van der Waals surface area (Å²) in [4.78, 5) is 12.4. The maximum absolute atomic E-state index is 12.4. The molecule has 2 aromatic carbocycles. The van der Waals surface area contributed by atoms with Gasteiger partial charge in [-0.2, -0.15) is 0 Å². The highest BCUT2D eigenvalue weighted by Gasteiger charge is 2.16. The molecular formula is C22H22N4O4S. The topological polar surface area (TPSA) is 87.5 Å². The number of methoxy groups -OCH3 is 1. The van der Waals surface area contributed by atoms with Crippen molar-refractivity contribution in [1.82, 2.24) is 14.8 Å². The van der Waals surface area contributed by atoms with Gasteiger partial charge >= 0.3 is 0 Å². The Kier molecular flexibility index (Phi) is 6.42. The zero-order chi connectivity index (χ0) is 21.6. The fourth-order valence-corrected chi connectivity index (χ4v) is 3.86. The van der Waals surface area contributed by atoms with Gasteiger partial charge in [0, 0.05) is 24.7 Å². The smallest absolute Gasteiger partial charge is 0.234 e. The minimum Gasteiger partial charge on any atom is -0.497 e. The molecule has 0 radical (unpaired) electrons. The van der Waals surface area contributed by atoms with Crippen LogP contribution in [0.4, 0.5) is 5.69 Å². The molecule has 1 N–H and O–H groups in total. The van der Waals surface area contributed by atoms with Gasteiger partial charge in [0.1, 0.15) is 11.6 Å². The van der Waals surface area contributed by atoms with Crippen LogP contribution >= 0.6 is 11.8 Å². The summed E-state index contributed by atoms with van der Waals surface area (Å²) in [5.74, 6) is 2.97. The zero-order valence-corrected chi connectivity index (χ0v) is 17.9. The van der Waals surface area contributed by atoms with Crippen LogP contribution in [0.2, 0.25) is 0 Å². The van der Waals surface area contributed by atoms with Crippen LogP contribution in [0.15, 0.2) is 60.3 Å². The highest BCUT2D eigenvalue weighted by Crippen LogP contribution is 2.34. The number of fused-ring (bicyclic) bond motifs is 1. The van der Waals surface area contributed by atoms with Crippen molar-refractivity contribution in [2.24, 2.45) is 0 Å². The number of anilines is 1. The third-order valence-electron chi connectivity index (χ3n) is 4.62. The molecule has 160 valence electrons. The van der Waals surface area contributed by atoms with Crippen LogP contribution in [-0.4, -0.2) is 40.3 Å². The number of carbonyl (C=O) groups is 1. The molecule has 1 aromatic heterocycles. The van der Waals surface area contributed by atoms with Gasteiger partial charge in [0.05, 0.1) is 12.9 Å². The summed E-state index contributed by atoms with van der Waals surface area (Å²) in [6.45, 7) is 4.58. The number of allylic oxidation sites excluding steroid dienone is 1. The van der Waals surface area contributed by atoms with E-state index in [1.165, 1.54) is 11.8 Å². The second-order valence-corrected chi connectivity index (χ2v) is 7.67. The van der Waals surface area contributed by atoms with E-state index in [4.69, 9.17) is 14.2 Å². The highest BCUT2D eigenvalue weighted by atomic mass is 32.2. The molecule has 0 fully saturated rings. The second-order valence-electron chi connectivity index (χ2n) is 6.73. The van der Waals surface area contributed by atoms with Crippen LogP contribution in [0.5, 0.6) is 17.2 Å². The Labute approximate surface area is 184 Å². The van der Waals surface area contributed by atoms with Gasteiger partial charge in [0.15, 0.2) is 16.7 Å². The second kappa shape index (κ2) is 9.57. The number of aromatic nitrogens is 3. The van der Waals surface area contributed by atoms with Crippen molar-refractivity contribution >= 4 is 23.4 Å². The largest absolute Gasteiger partial charge is 0.497 e. The number of nitrogens with one attached hydrogen (secondary N) is 1. The first-order valence-electron chi connectivity index (χ1n) is 9.64. The number of hydrogen-bond donors (Lipinski definition) is 1. The lowest BCUT2D eigenvalue weighted by molar-refractivity contribution is -0.113. The molecule has 1 amide bonds. The number of rotatable bonds is 9. The minimum absolute atomic E-state index is 0.145. The van der Waals surface area contributed by atoms with Crippen molar-refractivity contribution in [2.45, 2.75) is 18.1 Å². The molecule has 0 saturated carbocycles. The van der Waals surface area contributed by atoms with Crippen molar-refractivity contribution in [3.63, 3.8) is 0 Å². The third kappa shape index (κ3) is 5.00. The fraction of sp³-hybridized carbons (Fsp3) is 0.227. The summed E-state index contributed by atoms with van der Waals surface area (Å²) in [6, 6.07) is 13.1. The van der Waals surface area contributed by atoms with Gasteiger partial charge in [0.25, 0.3) is 0 Å². The quantitative estimate of drug-likeness (QED) is 0.404. The summed E-state index contributed by atoms with van der Waals surface area (Å²) >= 11 is 1.33. The van der Waals surface area contributed by atoms with Gasteiger partial charge < -0.3 is 24.1 Å². The fourth-order valence-electron chi connectivity index (χ4n) is 3.10. The van der Waals surface area contributed by atoms with E-state index in [-0.39, 0.29) is 18.5 Å². The minimum atomic E-state index is -0.145. The lowest BCUT2D eigenvalue weighted by Crippen LogP contribution is -2.14. The predicted octanol–water partition coefficient (Wildman–Crippen LogP) is 3.52. The van der Waals surface area contributed by atoms with Gasteiger partial charge in [-0.15, -0.1) is 16.8 Å². The summed E-state index contributed by atoms with van der Waals surface area (Å²) in [5, 5.41) is 12.1. The molecule has 0 atom stereocenters.